The molecule has 0 aromatic heterocycles. The molecule has 0 saturated heterocycles. The summed E-state index contributed by atoms with van der Waals surface area (Å²) in [6, 6.07) is 0. The monoisotopic (exact) mass is 456 g/mol. The summed E-state index contributed by atoms with van der Waals surface area (Å²) < 4.78 is 0. The number of allylic oxidation sites excluding steroid dienone is 3. The summed E-state index contributed by atoms with van der Waals surface area (Å²) in [7, 11) is 0. The summed E-state index contributed by atoms with van der Waals surface area (Å²) in [6.07, 6.45) is 11.7. The predicted octanol–water partition coefficient (Wildman–Crippen LogP) is 7.26. The standard InChI is InChI=1S/C30H48O3/c1-18(2)19(3)8-9-21(27(32)33)20-14-16-29(6)22(20)10-11-24-23(29)12-13-25-28(4,5)26(31)15-17-30(24,25)7/h10,19-21,23-26,31H,1,8-9,11-17H2,2-7H3,(H,32,33)/t19-,20+,21+,23+,24-,25-,26-,29+,30+/m0/s1. The molecule has 0 aliphatic heterocycles. The summed E-state index contributed by atoms with van der Waals surface area (Å²) in [5.41, 5.74) is 3.04. The summed E-state index contributed by atoms with van der Waals surface area (Å²) >= 11 is 0. The minimum absolute atomic E-state index is 0.0184. The zero-order valence-corrected chi connectivity index (χ0v) is 22.0. The van der Waals surface area contributed by atoms with Crippen molar-refractivity contribution in [2.75, 3.05) is 0 Å². The maximum absolute atomic E-state index is 12.4. The number of hydrogen-bond acceptors (Lipinski definition) is 2. The number of aliphatic carboxylic acids is 1. The molecule has 0 aromatic carbocycles. The van der Waals surface area contributed by atoms with Crippen LogP contribution in [0.5, 0.6) is 0 Å². The molecule has 9 atom stereocenters. The average Bonchev–Trinajstić information content (AvgIpc) is 3.08. The van der Waals surface area contributed by atoms with Gasteiger partial charge >= 0.3 is 5.97 Å². The van der Waals surface area contributed by atoms with Crippen LogP contribution in [0.25, 0.3) is 0 Å². The number of hydrogen-bond donors (Lipinski definition) is 2. The molecule has 4 aliphatic carbocycles. The first kappa shape index (κ1) is 25.0. The van der Waals surface area contributed by atoms with Crippen LogP contribution in [0.15, 0.2) is 23.8 Å². The van der Waals surface area contributed by atoms with Gasteiger partial charge in [-0.15, -0.1) is 0 Å². The van der Waals surface area contributed by atoms with Gasteiger partial charge in [0.25, 0.3) is 0 Å². The predicted molar refractivity (Wildman–Crippen MR) is 135 cm³/mol. The minimum Gasteiger partial charge on any atom is -0.481 e. The Morgan fingerprint density at radius 1 is 1.09 bits per heavy atom. The normalized spacial score (nSPS) is 43.5. The van der Waals surface area contributed by atoms with Gasteiger partial charge in [-0.2, -0.15) is 0 Å². The largest absolute Gasteiger partial charge is 0.481 e. The first-order valence-electron chi connectivity index (χ1n) is 13.6. The SMILES string of the molecule is C=C(C)[C@@H](C)CC[C@@H](C(=O)O)[C@H]1CC[C@]2(C)C1=CC[C@H]1[C@H]2CC[C@H]2C(C)(C)[C@@H](O)CC[C@]12C. The second-order valence-electron chi connectivity index (χ2n) is 13.5. The van der Waals surface area contributed by atoms with Crippen molar-refractivity contribution in [2.45, 2.75) is 105 Å². The lowest BCUT2D eigenvalue weighted by Crippen LogP contribution is -2.58. The third-order valence-corrected chi connectivity index (χ3v) is 11.6. The fourth-order valence-electron chi connectivity index (χ4n) is 9.23. The van der Waals surface area contributed by atoms with E-state index in [0.29, 0.717) is 23.7 Å². The van der Waals surface area contributed by atoms with Gasteiger partial charge in [-0.1, -0.05) is 58.4 Å². The van der Waals surface area contributed by atoms with Crippen LogP contribution in [0, 0.1) is 51.8 Å². The lowest BCUT2D eigenvalue weighted by atomic mass is 9.41. The van der Waals surface area contributed by atoms with Gasteiger partial charge in [0.1, 0.15) is 0 Å². The topological polar surface area (TPSA) is 57.5 Å². The molecule has 3 heteroatoms. The van der Waals surface area contributed by atoms with Gasteiger partial charge in [0.05, 0.1) is 12.0 Å². The van der Waals surface area contributed by atoms with Crippen LogP contribution in [0.1, 0.15) is 99.3 Å². The van der Waals surface area contributed by atoms with E-state index in [-0.39, 0.29) is 34.2 Å². The van der Waals surface area contributed by atoms with E-state index in [1.165, 1.54) is 18.4 Å². The van der Waals surface area contributed by atoms with Gasteiger partial charge in [0.2, 0.25) is 0 Å². The van der Waals surface area contributed by atoms with Gasteiger partial charge in [0.15, 0.2) is 0 Å². The molecule has 186 valence electrons. The van der Waals surface area contributed by atoms with E-state index in [2.05, 4.69) is 54.2 Å². The zero-order valence-electron chi connectivity index (χ0n) is 22.0. The highest BCUT2D eigenvalue weighted by atomic mass is 16.4. The van der Waals surface area contributed by atoms with E-state index in [1.807, 2.05) is 0 Å². The summed E-state index contributed by atoms with van der Waals surface area (Å²) in [6.45, 7) is 17.9. The summed E-state index contributed by atoms with van der Waals surface area (Å²) in [4.78, 5) is 12.4. The summed E-state index contributed by atoms with van der Waals surface area (Å²) in [5, 5.41) is 21.0. The van der Waals surface area contributed by atoms with E-state index < -0.39 is 5.97 Å². The van der Waals surface area contributed by atoms with E-state index >= 15 is 0 Å². The Morgan fingerprint density at radius 3 is 2.42 bits per heavy atom. The van der Waals surface area contributed by atoms with Crippen molar-refractivity contribution < 1.29 is 15.0 Å². The maximum atomic E-state index is 12.4. The average molecular weight is 457 g/mol. The van der Waals surface area contributed by atoms with Crippen molar-refractivity contribution in [3.63, 3.8) is 0 Å². The van der Waals surface area contributed by atoms with Crippen LogP contribution in [0.3, 0.4) is 0 Å². The van der Waals surface area contributed by atoms with Crippen molar-refractivity contribution >= 4 is 5.97 Å². The molecule has 3 saturated carbocycles. The van der Waals surface area contributed by atoms with Gasteiger partial charge in [-0.3, -0.25) is 4.79 Å². The third kappa shape index (κ3) is 3.85. The molecule has 3 nitrogen and oxygen atoms in total. The van der Waals surface area contributed by atoms with Crippen LogP contribution >= 0.6 is 0 Å². The lowest BCUT2D eigenvalue weighted by Gasteiger charge is -2.64. The van der Waals surface area contributed by atoms with E-state index in [9.17, 15) is 15.0 Å². The van der Waals surface area contributed by atoms with Gasteiger partial charge in [-0.05, 0) is 111 Å². The second-order valence-corrected chi connectivity index (χ2v) is 13.5. The number of rotatable bonds is 6. The Hall–Kier alpha value is -1.09. The van der Waals surface area contributed by atoms with Crippen molar-refractivity contribution in [3.8, 4) is 0 Å². The minimum atomic E-state index is -0.611. The Morgan fingerprint density at radius 2 is 1.79 bits per heavy atom. The van der Waals surface area contributed by atoms with Gasteiger partial charge in [0, 0.05) is 0 Å². The second kappa shape index (κ2) is 8.54. The maximum Gasteiger partial charge on any atom is 0.307 e. The fourth-order valence-corrected chi connectivity index (χ4v) is 9.23. The molecule has 0 unspecified atom stereocenters. The molecular formula is C30H48O3. The van der Waals surface area contributed by atoms with Crippen LogP contribution in [0.4, 0.5) is 0 Å². The number of carbonyl (C=O) groups is 1. The first-order chi connectivity index (χ1) is 15.3. The van der Waals surface area contributed by atoms with E-state index in [4.69, 9.17) is 0 Å². The smallest absolute Gasteiger partial charge is 0.307 e. The summed E-state index contributed by atoms with van der Waals surface area (Å²) in [5.74, 6) is 1.57. The molecule has 33 heavy (non-hydrogen) atoms. The molecule has 4 rings (SSSR count). The molecule has 4 aliphatic rings. The molecule has 0 aromatic rings. The molecule has 0 heterocycles. The van der Waals surface area contributed by atoms with Crippen LogP contribution in [-0.2, 0) is 4.79 Å². The number of carboxylic acids is 1. The van der Waals surface area contributed by atoms with Gasteiger partial charge < -0.3 is 10.2 Å². The van der Waals surface area contributed by atoms with Crippen LogP contribution in [0.2, 0.25) is 0 Å². The molecule has 0 amide bonds. The number of aliphatic hydroxyl groups excluding tert-OH is 1. The Bertz CT molecular complexity index is 824. The number of carboxylic acid groups (broad SMARTS) is 1. The van der Waals surface area contributed by atoms with Crippen molar-refractivity contribution in [1.82, 2.24) is 0 Å². The van der Waals surface area contributed by atoms with Crippen LogP contribution < -0.4 is 0 Å². The van der Waals surface area contributed by atoms with E-state index in [0.717, 1.165) is 50.5 Å². The Balaban J connectivity index is 1.60. The third-order valence-electron chi connectivity index (χ3n) is 11.6. The zero-order chi connectivity index (χ0) is 24.3. The van der Waals surface area contributed by atoms with Crippen molar-refractivity contribution in [1.29, 1.82) is 0 Å². The first-order valence-corrected chi connectivity index (χ1v) is 13.6. The molecule has 2 N–H and O–H groups in total. The molecule has 0 radical (unpaired) electrons. The van der Waals surface area contributed by atoms with Crippen molar-refractivity contribution in [2.24, 2.45) is 51.8 Å². The fraction of sp³-hybridized carbons (Fsp3) is 0.833. The molecular weight excluding hydrogens is 408 g/mol. The van der Waals surface area contributed by atoms with Crippen LogP contribution in [-0.4, -0.2) is 22.3 Å². The number of fused-ring (bicyclic) bond motifs is 5. The lowest BCUT2D eigenvalue weighted by molar-refractivity contribution is -0.163. The van der Waals surface area contributed by atoms with Gasteiger partial charge in [-0.25, -0.2) is 0 Å². The Kier molecular flexibility index (Phi) is 6.47. The molecule has 0 spiro atoms. The van der Waals surface area contributed by atoms with Crippen molar-refractivity contribution in [3.05, 3.63) is 23.8 Å². The van der Waals surface area contributed by atoms with E-state index in [1.54, 1.807) is 0 Å². The number of aliphatic hydroxyl groups is 1. The highest BCUT2D eigenvalue weighted by Crippen LogP contribution is 2.69. The quantitative estimate of drug-likeness (QED) is 0.414. The molecule has 3 fully saturated rings. The Labute approximate surface area is 202 Å². The highest BCUT2D eigenvalue weighted by molar-refractivity contribution is 5.71. The molecule has 0 bridgehead atoms. The highest BCUT2D eigenvalue weighted by Gasteiger charge is 2.62.